The molecule has 1 aromatic heterocycles. The molecule has 4 bridgehead atoms. The fourth-order valence-electron chi connectivity index (χ4n) is 6.05. The van der Waals surface area contributed by atoms with Crippen LogP contribution >= 0.6 is 27.5 Å². The van der Waals surface area contributed by atoms with Crippen LogP contribution in [0.15, 0.2) is 35.1 Å². The molecule has 5 nitrogen and oxygen atoms in total. The monoisotopic (exact) mass is 434 g/mol. The number of amides is 1. The van der Waals surface area contributed by atoms with Crippen LogP contribution in [0.5, 0.6) is 0 Å². The molecule has 4 fully saturated rings. The van der Waals surface area contributed by atoms with Crippen LogP contribution < -0.4 is 5.32 Å². The minimum atomic E-state index is -0.315. The van der Waals surface area contributed by atoms with Gasteiger partial charge in [0.05, 0.1) is 11.0 Å². The van der Waals surface area contributed by atoms with Gasteiger partial charge in [0, 0.05) is 10.2 Å². The average Bonchev–Trinajstić information content (AvgIpc) is 3.01. The third-order valence-corrected chi connectivity index (χ3v) is 7.21. The second-order valence-corrected chi connectivity index (χ2v) is 9.64. The molecular formula is C19H20BrClN4O. The van der Waals surface area contributed by atoms with E-state index in [9.17, 15) is 4.79 Å². The van der Waals surface area contributed by atoms with Gasteiger partial charge in [0.2, 0.25) is 11.2 Å². The van der Waals surface area contributed by atoms with Crippen LogP contribution in [0.3, 0.4) is 0 Å². The predicted molar refractivity (Wildman–Crippen MR) is 103 cm³/mol. The molecule has 0 saturated heterocycles. The number of aromatic nitrogens is 3. The molecule has 1 N–H and O–H groups in total. The first-order valence-corrected chi connectivity index (χ1v) is 10.3. The highest BCUT2D eigenvalue weighted by Gasteiger charge is 2.61. The molecule has 4 saturated carbocycles. The highest BCUT2D eigenvalue weighted by atomic mass is 79.9. The van der Waals surface area contributed by atoms with Crippen LogP contribution in [-0.2, 0) is 10.3 Å². The fourth-order valence-corrected chi connectivity index (χ4v) is 6.57. The Labute approximate surface area is 165 Å². The van der Waals surface area contributed by atoms with E-state index in [-0.39, 0.29) is 22.1 Å². The topological polar surface area (TPSA) is 59.8 Å². The molecule has 1 aromatic carbocycles. The summed E-state index contributed by atoms with van der Waals surface area (Å²) in [4.78, 5) is 17.5. The maximum Gasteiger partial charge on any atom is 0.242 e. The third-order valence-electron chi connectivity index (χ3n) is 6.54. The van der Waals surface area contributed by atoms with E-state index in [4.69, 9.17) is 11.6 Å². The zero-order valence-corrected chi connectivity index (χ0v) is 16.6. The van der Waals surface area contributed by atoms with Gasteiger partial charge in [-0.2, -0.15) is 0 Å². The number of carbonyl (C=O) groups is 1. The van der Waals surface area contributed by atoms with E-state index < -0.39 is 0 Å². The number of hydrogen-bond donors (Lipinski definition) is 1. The van der Waals surface area contributed by atoms with Gasteiger partial charge in [-0.1, -0.05) is 22.0 Å². The molecule has 26 heavy (non-hydrogen) atoms. The predicted octanol–water partition coefficient (Wildman–Crippen LogP) is 4.63. The largest absolute Gasteiger partial charge is 0.326 e. The van der Waals surface area contributed by atoms with Crippen molar-refractivity contribution in [2.24, 2.45) is 17.3 Å². The number of halogens is 2. The van der Waals surface area contributed by atoms with Crippen molar-refractivity contribution in [1.82, 2.24) is 14.8 Å². The minimum absolute atomic E-state index is 0.112. The molecule has 1 heterocycles. The molecule has 0 radical (unpaired) electrons. The van der Waals surface area contributed by atoms with E-state index >= 15 is 0 Å². The van der Waals surface area contributed by atoms with Gasteiger partial charge in [-0.3, -0.25) is 4.79 Å². The highest BCUT2D eigenvalue weighted by Crippen LogP contribution is 2.64. The van der Waals surface area contributed by atoms with Crippen LogP contribution in [0.1, 0.15) is 38.5 Å². The molecule has 4 atom stereocenters. The zero-order chi connectivity index (χ0) is 17.9. The number of nitrogens with zero attached hydrogens (tertiary/aromatic N) is 3. The van der Waals surface area contributed by atoms with Crippen molar-refractivity contribution in [3.8, 4) is 0 Å². The van der Waals surface area contributed by atoms with Gasteiger partial charge in [0.15, 0.2) is 0 Å². The van der Waals surface area contributed by atoms with Crippen molar-refractivity contribution in [3.05, 3.63) is 40.3 Å². The molecule has 4 aliphatic carbocycles. The summed E-state index contributed by atoms with van der Waals surface area (Å²) in [5.74, 6) is 1.31. The smallest absolute Gasteiger partial charge is 0.242 e. The van der Waals surface area contributed by atoms with E-state index in [1.165, 1.54) is 6.42 Å². The van der Waals surface area contributed by atoms with Gasteiger partial charge in [0.25, 0.3) is 0 Å². The second kappa shape index (κ2) is 5.80. The lowest BCUT2D eigenvalue weighted by molar-refractivity contribution is -0.150. The van der Waals surface area contributed by atoms with Crippen molar-refractivity contribution < 1.29 is 4.79 Å². The average molecular weight is 436 g/mol. The summed E-state index contributed by atoms with van der Waals surface area (Å²) in [5, 5.41) is 7.88. The molecule has 4 aliphatic rings. The molecule has 1 amide bonds. The van der Waals surface area contributed by atoms with Crippen molar-refractivity contribution in [2.45, 2.75) is 44.1 Å². The van der Waals surface area contributed by atoms with Crippen LogP contribution in [0.4, 0.5) is 5.69 Å². The van der Waals surface area contributed by atoms with Gasteiger partial charge < -0.3 is 5.32 Å². The van der Waals surface area contributed by atoms with Gasteiger partial charge >= 0.3 is 0 Å². The molecule has 6 rings (SSSR count). The van der Waals surface area contributed by atoms with Crippen LogP contribution in [-0.4, -0.2) is 20.7 Å². The zero-order valence-electron chi connectivity index (χ0n) is 14.3. The van der Waals surface area contributed by atoms with Crippen molar-refractivity contribution in [2.75, 3.05) is 5.32 Å². The second-order valence-electron chi connectivity index (χ2n) is 8.39. The maximum atomic E-state index is 13.4. The molecule has 7 heteroatoms. The number of rotatable bonds is 3. The number of anilines is 1. The first-order chi connectivity index (χ1) is 12.5. The number of nitrogens with one attached hydrogen (secondary N) is 1. The molecule has 0 spiro atoms. The Bertz CT molecular complexity index is 868. The number of carbonyl (C=O) groups excluding carboxylic acids is 1. The standard InChI is InChI=1S/C19H20BrClN4O/c20-14-2-1-3-15(5-14)23-16(26)18-6-12-4-13(7-18)9-19(8-12,10-18)25-11-22-17(21)24-25/h1-3,5,11-13H,4,6-10H2,(H,23,26)/t12-,13+,18?,19?. The highest BCUT2D eigenvalue weighted by molar-refractivity contribution is 9.10. The van der Waals surface area contributed by atoms with Crippen LogP contribution in [0.25, 0.3) is 0 Å². The lowest BCUT2D eigenvalue weighted by Gasteiger charge is -2.60. The lowest BCUT2D eigenvalue weighted by atomic mass is 9.46. The maximum absolute atomic E-state index is 13.4. The van der Waals surface area contributed by atoms with Gasteiger partial charge in [-0.05, 0) is 80.2 Å². The Morgan fingerprint density at radius 1 is 1.27 bits per heavy atom. The Balaban J connectivity index is 1.47. The van der Waals surface area contributed by atoms with Crippen molar-refractivity contribution in [1.29, 1.82) is 0 Å². The Morgan fingerprint density at radius 2 is 2.04 bits per heavy atom. The van der Waals surface area contributed by atoms with Crippen LogP contribution in [0.2, 0.25) is 5.28 Å². The Hall–Kier alpha value is -1.40. The summed E-state index contributed by atoms with van der Waals surface area (Å²) in [6.07, 6.45) is 7.92. The molecule has 136 valence electrons. The summed E-state index contributed by atoms with van der Waals surface area (Å²) in [6.45, 7) is 0. The van der Waals surface area contributed by atoms with Crippen LogP contribution in [0, 0.1) is 17.3 Å². The van der Waals surface area contributed by atoms with Gasteiger partial charge in [-0.15, -0.1) is 5.10 Å². The number of hydrogen-bond acceptors (Lipinski definition) is 3. The van der Waals surface area contributed by atoms with Crippen molar-refractivity contribution >= 4 is 39.1 Å². The van der Waals surface area contributed by atoms with Gasteiger partial charge in [0.1, 0.15) is 6.33 Å². The third kappa shape index (κ3) is 2.61. The van der Waals surface area contributed by atoms with E-state index in [1.807, 2.05) is 28.9 Å². The molecular weight excluding hydrogens is 416 g/mol. The number of benzene rings is 1. The summed E-state index contributed by atoms with van der Waals surface area (Å²) < 4.78 is 2.92. The summed E-state index contributed by atoms with van der Waals surface area (Å²) in [7, 11) is 0. The van der Waals surface area contributed by atoms with E-state index in [0.29, 0.717) is 11.8 Å². The van der Waals surface area contributed by atoms with Gasteiger partial charge in [-0.25, -0.2) is 9.67 Å². The lowest BCUT2D eigenvalue weighted by Crippen LogP contribution is -2.60. The fraction of sp³-hybridized carbons (Fsp3) is 0.526. The first-order valence-electron chi connectivity index (χ1n) is 9.11. The Morgan fingerprint density at radius 3 is 2.69 bits per heavy atom. The first kappa shape index (κ1) is 16.8. The summed E-state index contributed by atoms with van der Waals surface area (Å²) in [6, 6.07) is 7.80. The normalized spacial score (nSPS) is 34.8. The van der Waals surface area contributed by atoms with E-state index in [1.54, 1.807) is 6.33 Å². The quantitative estimate of drug-likeness (QED) is 0.765. The molecule has 2 unspecified atom stereocenters. The summed E-state index contributed by atoms with van der Waals surface area (Å²) >= 11 is 9.47. The Kier molecular flexibility index (Phi) is 3.73. The summed E-state index contributed by atoms with van der Waals surface area (Å²) in [5.41, 5.74) is 0.418. The van der Waals surface area contributed by atoms with E-state index in [0.717, 1.165) is 42.3 Å². The minimum Gasteiger partial charge on any atom is -0.326 e. The van der Waals surface area contributed by atoms with E-state index in [2.05, 4.69) is 31.3 Å². The van der Waals surface area contributed by atoms with Crippen molar-refractivity contribution in [3.63, 3.8) is 0 Å². The molecule has 0 aliphatic heterocycles. The SMILES string of the molecule is O=C(Nc1cccc(Br)c1)C12C[C@H]3C[C@@H](C1)CC(n1cnc(Cl)n1)(C3)C2. The molecule has 2 aromatic rings.